The van der Waals surface area contributed by atoms with Gasteiger partial charge >= 0.3 is 0 Å². The largest absolute Gasteiger partial charge is 0.336 e. The first-order valence-electron chi connectivity index (χ1n) is 7.71. The van der Waals surface area contributed by atoms with E-state index in [4.69, 9.17) is 0 Å². The van der Waals surface area contributed by atoms with Gasteiger partial charge in [-0.05, 0) is 52.4 Å². The molecule has 118 valence electrons. The number of benzene rings is 1. The number of fused-ring (bicyclic) bond motifs is 2. The molecule has 0 bridgehead atoms. The summed E-state index contributed by atoms with van der Waals surface area (Å²) < 4.78 is 3.20. The van der Waals surface area contributed by atoms with E-state index in [1.54, 1.807) is 11.3 Å². The normalized spacial score (nSPS) is 14.3. The van der Waals surface area contributed by atoms with Crippen molar-refractivity contribution in [1.29, 1.82) is 0 Å². The van der Waals surface area contributed by atoms with E-state index in [9.17, 15) is 4.79 Å². The smallest absolute Gasteiger partial charge is 0.242 e. The van der Waals surface area contributed by atoms with Gasteiger partial charge in [-0.15, -0.1) is 11.3 Å². The number of carbonyl (C=O) groups is 1. The van der Waals surface area contributed by atoms with Crippen molar-refractivity contribution < 1.29 is 4.79 Å². The highest BCUT2D eigenvalue weighted by atomic mass is 79.9. The van der Waals surface area contributed by atoms with E-state index in [2.05, 4.69) is 51.0 Å². The highest BCUT2D eigenvalue weighted by Gasteiger charge is 2.23. The minimum Gasteiger partial charge on any atom is -0.336 e. The van der Waals surface area contributed by atoms with E-state index in [-0.39, 0.29) is 5.91 Å². The number of thiophene rings is 1. The molecule has 3 heterocycles. The molecule has 0 saturated heterocycles. The van der Waals surface area contributed by atoms with Crippen molar-refractivity contribution in [3.63, 3.8) is 0 Å². The fourth-order valence-corrected chi connectivity index (χ4v) is 4.73. The maximum absolute atomic E-state index is 12.8. The van der Waals surface area contributed by atoms with Gasteiger partial charge in [0.15, 0.2) is 0 Å². The number of para-hydroxylation sites is 1. The van der Waals surface area contributed by atoms with Gasteiger partial charge in [-0.1, -0.05) is 18.2 Å². The van der Waals surface area contributed by atoms with Crippen LogP contribution in [-0.2, 0) is 24.3 Å². The Labute approximate surface area is 147 Å². The lowest BCUT2D eigenvalue weighted by Gasteiger charge is -2.27. The van der Waals surface area contributed by atoms with Crippen LogP contribution in [0.1, 0.15) is 16.1 Å². The summed E-state index contributed by atoms with van der Waals surface area (Å²) >= 11 is 5.46. The van der Waals surface area contributed by atoms with Crippen LogP contribution in [0.5, 0.6) is 0 Å². The molecule has 23 heavy (non-hydrogen) atoms. The van der Waals surface area contributed by atoms with Gasteiger partial charge in [0.05, 0.1) is 0 Å². The van der Waals surface area contributed by atoms with Crippen LogP contribution in [0.3, 0.4) is 0 Å². The summed E-state index contributed by atoms with van der Waals surface area (Å²) in [6, 6.07) is 10.4. The van der Waals surface area contributed by atoms with Crippen molar-refractivity contribution in [3.8, 4) is 0 Å². The first kappa shape index (κ1) is 15.0. The zero-order valence-corrected chi connectivity index (χ0v) is 15.3. The van der Waals surface area contributed by atoms with Gasteiger partial charge in [-0.25, -0.2) is 0 Å². The maximum Gasteiger partial charge on any atom is 0.242 e. The lowest BCUT2D eigenvalue weighted by molar-refractivity contribution is -0.132. The van der Waals surface area contributed by atoms with Gasteiger partial charge < -0.3 is 9.47 Å². The Bertz CT molecular complexity index is 896. The molecule has 3 nitrogen and oxygen atoms in total. The summed E-state index contributed by atoms with van der Waals surface area (Å²) in [5.74, 6) is 0.193. The molecule has 0 radical (unpaired) electrons. The van der Waals surface area contributed by atoms with Crippen molar-refractivity contribution in [1.82, 2.24) is 9.47 Å². The third-order valence-electron chi connectivity index (χ3n) is 4.61. The molecule has 0 N–H and O–H groups in total. The van der Waals surface area contributed by atoms with Crippen molar-refractivity contribution >= 4 is 44.1 Å². The topological polar surface area (TPSA) is 25.2 Å². The van der Waals surface area contributed by atoms with Gasteiger partial charge in [-0.2, -0.15) is 0 Å². The highest BCUT2D eigenvalue weighted by Crippen LogP contribution is 2.31. The first-order chi connectivity index (χ1) is 11.1. The van der Waals surface area contributed by atoms with E-state index in [0.29, 0.717) is 6.54 Å². The predicted molar refractivity (Wildman–Crippen MR) is 97.8 cm³/mol. The van der Waals surface area contributed by atoms with E-state index in [1.807, 2.05) is 17.0 Å². The van der Waals surface area contributed by atoms with Crippen LogP contribution >= 0.6 is 27.3 Å². The number of aromatic nitrogens is 1. The zero-order valence-electron chi connectivity index (χ0n) is 12.9. The molecule has 1 aromatic carbocycles. The molecule has 0 atom stereocenters. The number of carbonyl (C=O) groups excluding carboxylic acids is 1. The minimum atomic E-state index is 0.193. The second kappa shape index (κ2) is 5.80. The van der Waals surface area contributed by atoms with E-state index < -0.39 is 0 Å². The lowest BCUT2D eigenvalue weighted by atomic mass is 10.1. The summed E-state index contributed by atoms with van der Waals surface area (Å²) in [5, 5.41) is 3.29. The zero-order chi connectivity index (χ0) is 16.0. The molecule has 0 saturated carbocycles. The van der Waals surface area contributed by atoms with Crippen LogP contribution in [0, 0.1) is 6.92 Å². The Balaban J connectivity index is 1.62. The highest BCUT2D eigenvalue weighted by molar-refractivity contribution is 9.10. The second-order valence-corrected chi connectivity index (χ2v) is 7.73. The van der Waals surface area contributed by atoms with Gasteiger partial charge in [0.2, 0.25) is 5.91 Å². The summed E-state index contributed by atoms with van der Waals surface area (Å²) in [5.41, 5.74) is 3.52. The Hall–Kier alpha value is -1.59. The van der Waals surface area contributed by atoms with Gasteiger partial charge in [0.25, 0.3) is 0 Å². The molecule has 0 unspecified atom stereocenters. The number of hydrogen-bond acceptors (Lipinski definition) is 2. The number of rotatable bonds is 2. The third-order valence-corrected chi connectivity index (χ3v) is 6.63. The number of amides is 1. The average molecular weight is 389 g/mol. The van der Waals surface area contributed by atoms with E-state index in [0.717, 1.165) is 40.6 Å². The first-order valence-corrected chi connectivity index (χ1v) is 9.39. The van der Waals surface area contributed by atoms with Crippen LogP contribution in [-0.4, -0.2) is 21.9 Å². The maximum atomic E-state index is 12.8. The summed E-state index contributed by atoms with van der Waals surface area (Å²) in [6.07, 6.45) is 0.980. The summed E-state index contributed by atoms with van der Waals surface area (Å²) in [7, 11) is 0. The Morgan fingerprint density at radius 2 is 2.13 bits per heavy atom. The number of hydrogen-bond donors (Lipinski definition) is 0. The van der Waals surface area contributed by atoms with Gasteiger partial charge in [0, 0.05) is 39.0 Å². The van der Waals surface area contributed by atoms with Crippen molar-refractivity contribution in [2.45, 2.75) is 26.4 Å². The van der Waals surface area contributed by atoms with Crippen LogP contribution in [0.2, 0.25) is 0 Å². The Morgan fingerprint density at radius 3 is 3.00 bits per heavy atom. The molecule has 1 aliphatic heterocycles. The predicted octanol–water partition coefficient (Wildman–Crippen LogP) is 4.36. The minimum absolute atomic E-state index is 0.193. The van der Waals surface area contributed by atoms with Crippen molar-refractivity contribution in [2.75, 3.05) is 6.54 Å². The molecular formula is C18H17BrN2OS. The third kappa shape index (κ3) is 2.52. The van der Waals surface area contributed by atoms with Gasteiger partial charge in [-0.3, -0.25) is 4.79 Å². The fraction of sp³-hybridized carbons (Fsp3) is 0.278. The van der Waals surface area contributed by atoms with Crippen LogP contribution in [0.25, 0.3) is 10.9 Å². The molecule has 0 aliphatic carbocycles. The van der Waals surface area contributed by atoms with Crippen LogP contribution in [0.15, 0.2) is 40.2 Å². The molecule has 3 aromatic rings. The quantitative estimate of drug-likeness (QED) is 0.640. The molecule has 5 heteroatoms. The standard InChI is InChI=1S/C18H17BrN2OS/c1-12-18(19)14-4-2-3-5-15(14)21(12)11-17(22)20-8-6-16-13(10-20)7-9-23-16/h2-5,7,9H,6,8,10-11H2,1H3. The number of halogens is 1. The van der Waals surface area contributed by atoms with E-state index in [1.165, 1.54) is 10.4 Å². The molecule has 0 fully saturated rings. The molecular weight excluding hydrogens is 372 g/mol. The summed E-state index contributed by atoms with van der Waals surface area (Å²) in [6.45, 7) is 4.03. The van der Waals surface area contributed by atoms with Crippen molar-refractivity contribution in [2.24, 2.45) is 0 Å². The Kier molecular flexibility index (Phi) is 3.77. The van der Waals surface area contributed by atoms with Crippen LogP contribution in [0.4, 0.5) is 0 Å². The summed E-state index contributed by atoms with van der Waals surface area (Å²) in [4.78, 5) is 16.2. The lowest BCUT2D eigenvalue weighted by Crippen LogP contribution is -2.37. The monoisotopic (exact) mass is 388 g/mol. The fourth-order valence-electron chi connectivity index (χ4n) is 3.29. The SMILES string of the molecule is Cc1c(Br)c2ccccc2n1CC(=O)N1CCc2sccc2C1. The molecule has 0 spiro atoms. The number of nitrogens with zero attached hydrogens (tertiary/aromatic N) is 2. The van der Waals surface area contributed by atoms with Crippen LogP contribution < -0.4 is 0 Å². The molecule has 1 aliphatic rings. The average Bonchev–Trinajstić information content (AvgIpc) is 3.13. The van der Waals surface area contributed by atoms with Crippen molar-refractivity contribution in [3.05, 3.63) is 56.3 Å². The Morgan fingerprint density at radius 1 is 1.30 bits per heavy atom. The molecule has 1 amide bonds. The van der Waals surface area contributed by atoms with E-state index >= 15 is 0 Å². The molecule has 2 aromatic heterocycles. The van der Waals surface area contributed by atoms with Gasteiger partial charge in [0.1, 0.15) is 6.54 Å². The molecule has 4 rings (SSSR count). The second-order valence-electron chi connectivity index (χ2n) is 5.94.